The molecule has 3 heteroatoms. The van der Waals surface area contributed by atoms with E-state index in [1.54, 1.807) is 0 Å². The van der Waals surface area contributed by atoms with Gasteiger partial charge in [-0.25, -0.2) is 5.43 Å². The average Bonchev–Trinajstić information content (AvgIpc) is 2.20. The van der Waals surface area contributed by atoms with E-state index in [0.29, 0.717) is 0 Å². The average molecular weight is 214 g/mol. The van der Waals surface area contributed by atoms with Gasteiger partial charge in [-0.3, -0.25) is 10.2 Å². The largest absolute Gasteiger partial charge is 0.292 e. The number of unbranched alkanes of at least 4 members (excludes halogenated alkanes) is 7. The molecule has 0 aromatic carbocycles. The molecule has 0 aromatic rings. The van der Waals surface area contributed by atoms with E-state index in [0.717, 1.165) is 13.0 Å². The van der Waals surface area contributed by atoms with Gasteiger partial charge >= 0.3 is 0 Å². The first-order valence-corrected chi connectivity index (χ1v) is 6.26. The molecule has 0 aromatic heterocycles. The van der Waals surface area contributed by atoms with Crippen molar-refractivity contribution in [1.29, 1.82) is 0 Å². The van der Waals surface area contributed by atoms with Crippen LogP contribution in [0.1, 0.15) is 65.2 Å². The van der Waals surface area contributed by atoms with Crippen LogP contribution < -0.4 is 10.9 Å². The lowest BCUT2D eigenvalue weighted by Gasteiger charge is -2.04. The molecule has 1 amide bonds. The lowest BCUT2D eigenvalue weighted by molar-refractivity contribution is -0.119. The predicted octanol–water partition coefficient (Wildman–Crippen LogP) is 2.77. The van der Waals surface area contributed by atoms with E-state index in [1.165, 1.54) is 51.9 Å². The summed E-state index contributed by atoms with van der Waals surface area (Å²) in [5, 5.41) is 0. The topological polar surface area (TPSA) is 41.1 Å². The van der Waals surface area contributed by atoms with Gasteiger partial charge in [0, 0.05) is 13.5 Å². The van der Waals surface area contributed by atoms with Gasteiger partial charge in [0.25, 0.3) is 0 Å². The summed E-state index contributed by atoms with van der Waals surface area (Å²) >= 11 is 0. The van der Waals surface area contributed by atoms with Crippen molar-refractivity contribution >= 4 is 5.91 Å². The minimum atomic E-state index is -0.0189. The van der Waals surface area contributed by atoms with Gasteiger partial charge < -0.3 is 0 Å². The fourth-order valence-corrected chi connectivity index (χ4v) is 1.53. The highest BCUT2D eigenvalue weighted by Crippen LogP contribution is 2.07. The normalized spacial score (nSPS) is 10.3. The third-order valence-corrected chi connectivity index (χ3v) is 2.42. The van der Waals surface area contributed by atoms with Crippen LogP contribution in [0.4, 0.5) is 0 Å². The molecule has 0 rings (SSSR count). The lowest BCUT2D eigenvalue weighted by atomic mass is 10.1. The molecule has 0 fully saturated rings. The molecule has 0 atom stereocenters. The first-order valence-electron chi connectivity index (χ1n) is 6.26. The summed E-state index contributed by atoms with van der Waals surface area (Å²) in [6.45, 7) is 4.64. The Hall–Kier alpha value is -0.570. The standard InChI is InChI=1S/C12H26N2O/c1-3-4-5-6-7-8-9-10-11-13-14-12(2)15/h13H,3-11H2,1-2H3,(H,14,15). The SMILES string of the molecule is CCCCCCCCCCNNC(C)=O. The van der Waals surface area contributed by atoms with Crippen LogP contribution >= 0.6 is 0 Å². The van der Waals surface area contributed by atoms with Crippen molar-refractivity contribution < 1.29 is 4.79 Å². The zero-order chi connectivity index (χ0) is 11.4. The van der Waals surface area contributed by atoms with Crippen molar-refractivity contribution in [3.63, 3.8) is 0 Å². The van der Waals surface area contributed by atoms with Crippen molar-refractivity contribution in [2.45, 2.75) is 65.2 Å². The van der Waals surface area contributed by atoms with Crippen LogP contribution in [-0.4, -0.2) is 12.5 Å². The van der Waals surface area contributed by atoms with Gasteiger partial charge in [-0.2, -0.15) is 0 Å². The predicted molar refractivity (Wildman–Crippen MR) is 64.4 cm³/mol. The Bertz CT molecular complexity index is 149. The van der Waals surface area contributed by atoms with E-state index < -0.39 is 0 Å². The van der Waals surface area contributed by atoms with Crippen LogP contribution in [0.15, 0.2) is 0 Å². The van der Waals surface area contributed by atoms with Crippen LogP contribution in [-0.2, 0) is 4.79 Å². The van der Waals surface area contributed by atoms with Gasteiger partial charge in [0.15, 0.2) is 0 Å². The molecule has 0 aliphatic rings. The van der Waals surface area contributed by atoms with Gasteiger partial charge in [0.2, 0.25) is 5.91 Å². The number of hydrogen-bond donors (Lipinski definition) is 2. The molecule has 0 aliphatic heterocycles. The molecule has 2 N–H and O–H groups in total. The van der Waals surface area contributed by atoms with E-state index in [1.807, 2.05) is 0 Å². The molecule has 0 spiro atoms. The van der Waals surface area contributed by atoms with E-state index >= 15 is 0 Å². The zero-order valence-corrected chi connectivity index (χ0v) is 10.3. The van der Waals surface area contributed by atoms with Crippen molar-refractivity contribution in [3.05, 3.63) is 0 Å². The number of hydrazine groups is 1. The molecule has 0 bridgehead atoms. The van der Waals surface area contributed by atoms with Gasteiger partial charge in [-0.15, -0.1) is 0 Å². The Balaban J connectivity index is 2.89. The van der Waals surface area contributed by atoms with Gasteiger partial charge in [-0.1, -0.05) is 51.9 Å². The molecule has 0 saturated carbocycles. The summed E-state index contributed by atoms with van der Waals surface area (Å²) in [4.78, 5) is 10.5. The summed E-state index contributed by atoms with van der Waals surface area (Å²) in [5.74, 6) is -0.0189. The molecule has 90 valence electrons. The van der Waals surface area contributed by atoms with Crippen molar-refractivity contribution in [3.8, 4) is 0 Å². The molecule has 15 heavy (non-hydrogen) atoms. The summed E-state index contributed by atoms with van der Waals surface area (Å²) in [7, 11) is 0. The number of nitrogens with one attached hydrogen (secondary N) is 2. The maximum absolute atomic E-state index is 10.5. The minimum Gasteiger partial charge on any atom is -0.292 e. The monoisotopic (exact) mass is 214 g/mol. The second kappa shape index (κ2) is 11.5. The first kappa shape index (κ1) is 14.4. The molecular weight excluding hydrogens is 188 g/mol. The Morgan fingerprint density at radius 1 is 0.933 bits per heavy atom. The van der Waals surface area contributed by atoms with E-state index in [4.69, 9.17) is 0 Å². The number of carbonyl (C=O) groups excluding carboxylic acids is 1. The molecular formula is C12H26N2O. The second-order valence-electron chi connectivity index (χ2n) is 4.08. The first-order chi connectivity index (χ1) is 7.27. The Labute approximate surface area is 94.0 Å². The van der Waals surface area contributed by atoms with E-state index in [9.17, 15) is 4.79 Å². The highest BCUT2D eigenvalue weighted by Gasteiger charge is 1.92. The third kappa shape index (κ3) is 13.4. The number of hydrogen-bond acceptors (Lipinski definition) is 2. The highest BCUT2D eigenvalue weighted by atomic mass is 16.2. The minimum absolute atomic E-state index is 0.0189. The van der Waals surface area contributed by atoms with Crippen LogP contribution in [0.3, 0.4) is 0 Å². The molecule has 3 nitrogen and oxygen atoms in total. The maximum Gasteiger partial charge on any atom is 0.230 e. The molecule has 0 radical (unpaired) electrons. The van der Waals surface area contributed by atoms with Crippen LogP contribution in [0, 0.1) is 0 Å². The van der Waals surface area contributed by atoms with E-state index in [-0.39, 0.29) is 5.91 Å². The fraction of sp³-hybridized carbons (Fsp3) is 0.917. The highest BCUT2D eigenvalue weighted by molar-refractivity contribution is 5.72. The Kier molecular flexibility index (Phi) is 11.1. The number of carbonyl (C=O) groups is 1. The Morgan fingerprint density at radius 2 is 1.47 bits per heavy atom. The van der Waals surface area contributed by atoms with Crippen LogP contribution in [0.25, 0.3) is 0 Å². The molecule has 0 heterocycles. The van der Waals surface area contributed by atoms with Crippen molar-refractivity contribution in [1.82, 2.24) is 10.9 Å². The Morgan fingerprint density at radius 3 is 2.00 bits per heavy atom. The summed E-state index contributed by atoms with van der Waals surface area (Å²) in [5.41, 5.74) is 5.47. The number of amides is 1. The summed E-state index contributed by atoms with van der Waals surface area (Å²) in [6, 6.07) is 0. The van der Waals surface area contributed by atoms with Crippen LogP contribution in [0.5, 0.6) is 0 Å². The number of rotatable bonds is 10. The van der Waals surface area contributed by atoms with Crippen molar-refractivity contribution in [2.24, 2.45) is 0 Å². The summed E-state index contributed by atoms with van der Waals surface area (Å²) < 4.78 is 0. The van der Waals surface area contributed by atoms with Crippen molar-refractivity contribution in [2.75, 3.05) is 6.54 Å². The van der Waals surface area contributed by atoms with Gasteiger partial charge in [0.1, 0.15) is 0 Å². The molecule has 0 unspecified atom stereocenters. The van der Waals surface area contributed by atoms with Crippen LogP contribution in [0.2, 0.25) is 0 Å². The zero-order valence-electron chi connectivity index (χ0n) is 10.3. The summed E-state index contributed by atoms with van der Waals surface area (Å²) in [6.07, 6.45) is 10.6. The van der Waals surface area contributed by atoms with Gasteiger partial charge in [-0.05, 0) is 6.42 Å². The maximum atomic E-state index is 10.5. The second-order valence-corrected chi connectivity index (χ2v) is 4.08. The lowest BCUT2D eigenvalue weighted by Crippen LogP contribution is -2.36. The molecule has 0 aliphatic carbocycles. The van der Waals surface area contributed by atoms with Gasteiger partial charge in [0.05, 0.1) is 0 Å². The quantitative estimate of drug-likeness (QED) is 0.434. The fourth-order valence-electron chi connectivity index (χ4n) is 1.53. The van der Waals surface area contributed by atoms with E-state index in [2.05, 4.69) is 17.8 Å². The smallest absolute Gasteiger partial charge is 0.230 e. The third-order valence-electron chi connectivity index (χ3n) is 2.42. The molecule has 0 saturated heterocycles.